The van der Waals surface area contributed by atoms with Crippen LogP contribution in [0.3, 0.4) is 0 Å². The van der Waals surface area contributed by atoms with Crippen LogP contribution in [0.5, 0.6) is 0 Å². The maximum atomic E-state index is 13.6. The molecule has 0 aliphatic heterocycles. The van der Waals surface area contributed by atoms with Crippen LogP contribution in [0, 0.1) is 90.9 Å². The van der Waals surface area contributed by atoms with Gasteiger partial charge in [0.1, 0.15) is 22.7 Å². The zero-order valence-corrected chi connectivity index (χ0v) is 65.6. The Labute approximate surface area is 698 Å². The summed E-state index contributed by atoms with van der Waals surface area (Å²) in [5, 5.41) is 0. The van der Waals surface area contributed by atoms with Crippen molar-refractivity contribution in [1.82, 2.24) is 38.2 Å². The number of hydrogen-bond donors (Lipinski definition) is 0. The standard InChI is InChI=1S/C24H26N3.C23H24N3.C20H18N3.C18H13FN3.4Ir/c1-7-18-11-12-19(15-22(18)25-6)24-26-13-14-27(24)23-20(16(2)3)9-8-10-21(23)17(4)5;1-15(2)19-8-7-9-20(16(3)4)22(19)26-13-12-25-23(26)18-11-10-17(5)21(14-18)24-6;1-5-16-9-10-17(13-18(16)21-4)20-22-11-12-23(20)19-14(2)7-6-8-15(19)3;1-12-5-4-6-13(2)17(12)22-10-9-21-18(22)14-7-8-15(19)16(11-14)20-3;;;;/h8-11,13-17H,7H2,1-5H3;7-10,12-16H,1-5H3;6-9,11-13H,5H2,1-3H3;4-6,8-11H,1-2H3;;;;/q4*-1;;;;/i1D3,2D3,4D3,7D2,13D,14D,16D,17D;1D3,3D3,5D3,15D,16D;11D,12D;9D,10D;;;;. The van der Waals surface area contributed by atoms with E-state index in [-0.39, 0.29) is 178 Å². The third kappa shape index (κ3) is 18.7. The van der Waals surface area contributed by atoms with Gasteiger partial charge < -0.3 is 18.3 Å². The van der Waals surface area contributed by atoms with Gasteiger partial charge in [-0.1, -0.05) is 161 Å². The maximum absolute atomic E-state index is 13.6. The van der Waals surface area contributed by atoms with E-state index >= 15 is 0 Å². The molecule has 0 saturated heterocycles. The summed E-state index contributed by atoms with van der Waals surface area (Å²) in [4.78, 5) is 30.0. The molecule has 12 rings (SSSR count). The average molecular weight is 2090 g/mol. The summed E-state index contributed by atoms with van der Waals surface area (Å²) in [5.74, 6) is -9.36. The summed E-state index contributed by atoms with van der Waals surface area (Å²) in [6.45, 7) is 26.4. The molecule has 4 atom stereocenters. The van der Waals surface area contributed by atoms with E-state index in [4.69, 9.17) is 67.4 Å². The van der Waals surface area contributed by atoms with Gasteiger partial charge in [-0.05, 0) is 95.8 Å². The van der Waals surface area contributed by atoms with Crippen LogP contribution >= 0.6 is 0 Å². The van der Waals surface area contributed by atoms with E-state index in [0.29, 0.717) is 28.5 Å². The van der Waals surface area contributed by atoms with Crippen LogP contribution in [0.25, 0.3) is 87.7 Å². The van der Waals surface area contributed by atoms with E-state index in [9.17, 15) is 4.39 Å². The van der Waals surface area contributed by atoms with Gasteiger partial charge in [0.25, 0.3) is 0 Å². The van der Waals surface area contributed by atoms with Crippen molar-refractivity contribution in [3.05, 3.63) is 308 Å². The van der Waals surface area contributed by atoms with Gasteiger partial charge in [-0.25, -0.2) is 0 Å². The fraction of sp³-hybridized carbons (Fsp3) is 0.247. The van der Waals surface area contributed by atoms with Gasteiger partial charge in [0, 0.05) is 191 Å². The Morgan fingerprint density at radius 2 is 0.824 bits per heavy atom. The van der Waals surface area contributed by atoms with Gasteiger partial charge in [0.2, 0.25) is 0 Å². The Balaban J connectivity index is 0.000000316. The smallest absolute Gasteiger partial charge is 0.142 e. The minimum absolute atomic E-state index is 0. The first-order valence-electron chi connectivity index (χ1n) is 45.0. The Morgan fingerprint density at radius 1 is 0.471 bits per heavy atom. The van der Waals surface area contributed by atoms with Crippen molar-refractivity contribution in [3.63, 3.8) is 0 Å². The number of halogens is 1. The van der Waals surface area contributed by atoms with Gasteiger partial charge >= 0.3 is 0 Å². The molecule has 0 amide bonds. The summed E-state index contributed by atoms with van der Waals surface area (Å²) in [6.07, 6.45) is -1.05. The van der Waals surface area contributed by atoms with Gasteiger partial charge in [-0.3, -0.25) is 43.7 Å². The van der Waals surface area contributed by atoms with Crippen LogP contribution in [0.2, 0.25) is 0 Å². The van der Waals surface area contributed by atoms with E-state index in [0.717, 1.165) is 88.3 Å². The molecule has 0 spiro atoms. The molecule has 12 nitrogen and oxygen atoms in total. The average Bonchev–Trinajstić information content (AvgIpc) is 1.61. The summed E-state index contributed by atoms with van der Waals surface area (Å²) in [7, 11) is 0. The van der Waals surface area contributed by atoms with Crippen LogP contribution in [-0.4, -0.2) is 38.2 Å². The first kappa shape index (κ1) is 48.9. The predicted octanol–water partition coefficient (Wildman–Crippen LogP) is 22.9. The van der Waals surface area contributed by atoms with Crippen molar-refractivity contribution >= 4 is 22.7 Å². The number of rotatable bonds is 14. The number of aromatic nitrogens is 8. The molecule has 0 aliphatic carbocycles. The number of imidazole rings is 4. The minimum Gasteiger partial charge on any atom is -0.340 e. The molecule has 4 heterocycles. The molecule has 12 aromatic rings. The molecule has 4 unspecified atom stereocenters. The quantitative estimate of drug-likeness (QED) is 0.101. The van der Waals surface area contributed by atoms with Crippen LogP contribution in [-0.2, 0) is 93.2 Å². The maximum Gasteiger partial charge on any atom is 0.142 e. The number of benzene rings is 8. The zero-order valence-electron chi connectivity index (χ0n) is 86.0. The molecular formula is C85H81FIr4N12-4. The second-order valence-electron chi connectivity index (χ2n) is 22.0. The second kappa shape index (κ2) is 38.4. The van der Waals surface area contributed by atoms with E-state index in [1.165, 1.54) is 79.3 Å². The number of para-hydroxylation sites is 4. The Hall–Kier alpha value is -8.91. The van der Waals surface area contributed by atoms with Crippen molar-refractivity contribution in [2.45, 2.75) is 140 Å². The largest absolute Gasteiger partial charge is 0.340 e. The monoisotopic (exact) mass is 2090 g/mol. The molecule has 0 N–H and O–H groups in total. The van der Waals surface area contributed by atoms with Crippen LogP contribution < -0.4 is 0 Å². The van der Waals surface area contributed by atoms with E-state index in [2.05, 4.69) is 63.6 Å². The molecule has 0 aliphatic rings. The van der Waals surface area contributed by atoms with Gasteiger partial charge in [-0.2, -0.15) is 18.2 Å². The van der Waals surface area contributed by atoms with Crippen molar-refractivity contribution in [1.29, 1.82) is 0 Å². The zero-order chi connectivity index (χ0) is 96.2. The van der Waals surface area contributed by atoms with Crippen molar-refractivity contribution in [2.24, 2.45) is 0 Å². The second-order valence-corrected chi connectivity index (χ2v) is 22.0. The van der Waals surface area contributed by atoms with Crippen molar-refractivity contribution in [3.8, 4) is 68.3 Å². The summed E-state index contributed by atoms with van der Waals surface area (Å²) < 4.78 is 261. The van der Waals surface area contributed by atoms with E-state index in [1.807, 2.05) is 71.0 Å². The molecule has 4 aromatic heterocycles. The predicted molar refractivity (Wildman–Crippen MR) is 395 cm³/mol. The summed E-state index contributed by atoms with van der Waals surface area (Å²) in [5.41, 5.74) is 5.48. The fourth-order valence-electron chi connectivity index (χ4n) is 10.7. The topological polar surface area (TPSA) is 88.7 Å². The molecular weight excluding hydrogens is 1980 g/mol. The Morgan fingerprint density at radius 3 is 1.23 bits per heavy atom. The Kier molecular flexibility index (Phi) is 18.4. The van der Waals surface area contributed by atoms with E-state index < -0.39 is 100 Å². The van der Waals surface area contributed by atoms with E-state index in [1.54, 1.807) is 21.3 Å². The number of nitrogens with zero attached hydrogens (tertiary/aromatic N) is 12. The van der Waals surface area contributed by atoms with Gasteiger partial charge in [-0.15, -0.1) is 93.5 Å². The summed E-state index contributed by atoms with van der Waals surface area (Å²) in [6, 6.07) is 41.4. The first-order chi connectivity index (χ1) is 59.0. The molecule has 0 fully saturated rings. The first-order valence-corrected chi connectivity index (χ1v) is 30.0. The SMILES string of the molecule is [2H]C([2H])([2H])c1c[c-]c(-c2nccn2-c2c(C([2H])(C)C([2H])([2H])[2H])cccc2C([2H])(C)C([2H])([2H])[2H])cc1[N+]#[C-].[2H]c1nc(-c2[c-]cc(C([2H])([2H])C([2H])([2H])[2H])c([N+]#[C-])c2)n(-c2c(C([2H])(C)C([2H])([2H])[2H])cccc2C([2H])(C)C([2H])([2H])[2H])c1[2H].[2H]c1nc(-c2[c-]cc(CC)c([N+]#[C-])c2)n(-c2c(C)cccc2C)c1[2H].[2H]c1nc(-c2[c-]cc(F)c([N+]#[C-])c2)n(-c2c(C)cccc2C)c1[2H].[Ir].[Ir].[Ir].[Ir]. The number of hydrogen-bond acceptors (Lipinski definition) is 4. The molecule has 102 heavy (non-hydrogen) atoms. The normalized spacial score (nSPS) is 17.9. The third-order valence-electron chi connectivity index (χ3n) is 15.4. The molecule has 4 radical (unpaired) electrons. The summed E-state index contributed by atoms with van der Waals surface area (Å²) >= 11 is 0. The van der Waals surface area contributed by atoms with Gasteiger partial charge in [0.05, 0.1) is 57.8 Å². The fourth-order valence-corrected chi connectivity index (χ4v) is 10.7. The molecule has 528 valence electrons. The van der Waals surface area contributed by atoms with Crippen molar-refractivity contribution < 1.29 is 126 Å². The molecule has 0 saturated carbocycles. The van der Waals surface area contributed by atoms with Crippen LogP contribution in [0.1, 0.15) is 195 Å². The molecule has 17 heteroatoms. The van der Waals surface area contributed by atoms with Crippen molar-refractivity contribution in [2.75, 3.05) is 0 Å². The third-order valence-corrected chi connectivity index (χ3v) is 15.4. The van der Waals surface area contributed by atoms with Crippen LogP contribution in [0.4, 0.5) is 27.1 Å². The van der Waals surface area contributed by atoms with Gasteiger partial charge in [0.15, 0.2) is 0 Å². The minimum atomic E-state index is -3.14. The Bertz CT molecular complexity index is 6320. The number of aryl methyl sites for hydroxylation is 7. The molecule has 8 aromatic carbocycles. The van der Waals surface area contributed by atoms with Crippen LogP contribution in [0.15, 0.2) is 171 Å². The molecule has 0 bridgehead atoms.